The van der Waals surface area contributed by atoms with Crippen LogP contribution in [0.2, 0.25) is 0 Å². The normalized spacial score (nSPS) is 10.5. The average Bonchev–Trinajstić information content (AvgIpc) is 3.07. The lowest BCUT2D eigenvalue weighted by Crippen LogP contribution is -2.23. The van der Waals surface area contributed by atoms with Crippen molar-refractivity contribution in [2.24, 2.45) is 0 Å². The summed E-state index contributed by atoms with van der Waals surface area (Å²) >= 11 is 1.68. The van der Waals surface area contributed by atoms with Crippen LogP contribution < -0.4 is 5.32 Å². The summed E-state index contributed by atoms with van der Waals surface area (Å²) in [5, 5.41) is 5.02. The highest BCUT2D eigenvalue weighted by Crippen LogP contribution is 2.24. The van der Waals surface area contributed by atoms with Gasteiger partial charge in [-0.2, -0.15) is 0 Å². The molecule has 0 aliphatic carbocycles. The number of amides is 1. The molecular weight excluding hydrogens is 304 g/mol. The minimum absolute atomic E-state index is 0.0518. The zero-order valence-corrected chi connectivity index (χ0v) is 14.0. The standard InChI is InChI=1S/C19H18N2OS/c1-13-5-6-17(14(2)8-13)19(22)21-11-15-9-16(12-20-10-15)18-4-3-7-23-18/h3-10,12H,11H2,1-2H3,(H,21,22). The summed E-state index contributed by atoms with van der Waals surface area (Å²) in [7, 11) is 0. The first-order valence-corrected chi connectivity index (χ1v) is 8.35. The largest absolute Gasteiger partial charge is 0.348 e. The van der Waals surface area contributed by atoms with Crippen LogP contribution in [0.25, 0.3) is 10.4 Å². The van der Waals surface area contributed by atoms with E-state index in [1.165, 1.54) is 4.88 Å². The Morgan fingerprint density at radius 1 is 1.17 bits per heavy atom. The predicted molar refractivity (Wildman–Crippen MR) is 94.6 cm³/mol. The number of nitrogens with one attached hydrogen (secondary N) is 1. The van der Waals surface area contributed by atoms with Crippen molar-refractivity contribution in [3.63, 3.8) is 0 Å². The summed E-state index contributed by atoms with van der Waals surface area (Å²) < 4.78 is 0. The van der Waals surface area contributed by atoms with E-state index in [4.69, 9.17) is 0 Å². The highest BCUT2D eigenvalue weighted by Gasteiger charge is 2.09. The fourth-order valence-electron chi connectivity index (χ4n) is 2.51. The Kier molecular flexibility index (Phi) is 4.53. The van der Waals surface area contributed by atoms with Crippen LogP contribution in [-0.4, -0.2) is 10.9 Å². The van der Waals surface area contributed by atoms with Crippen molar-refractivity contribution in [3.05, 3.63) is 76.4 Å². The van der Waals surface area contributed by atoms with Crippen LogP contribution in [0.4, 0.5) is 0 Å². The lowest BCUT2D eigenvalue weighted by molar-refractivity contribution is 0.0950. The molecule has 1 N–H and O–H groups in total. The molecule has 0 aliphatic rings. The van der Waals surface area contributed by atoms with E-state index in [0.29, 0.717) is 6.54 Å². The molecule has 1 amide bonds. The molecular formula is C19H18N2OS. The van der Waals surface area contributed by atoms with Gasteiger partial charge in [-0.15, -0.1) is 11.3 Å². The van der Waals surface area contributed by atoms with Gasteiger partial charge in [0.25, 0.3) is 5.91 Å². The Balaban J connectivity index is 1.71. The van der Waals surface area contributed by atoms with E-state index >= 15 is 0 Å². The monoisotopic (exact) mass is 322 g/mol. The molecule has 1 aromatic carbocycles. The van der Waals surface area contributed by atoms with E-state index in [0.717, 1.165) is 27.8 Å². The maximum absolute atomic E-state index is 12.3. The quantitative estimate of drug-likeness (QED) is 0.775. The molecule has 0 radical (unpaired) electrons. The maximum atomic E-state index is 12.3. The molecule has 0 fully saturated rings. The third kappa shape index (κ3) is 3.66. The molecule has 2 heterocycles. The van der Waals surface area contributed by atoms with Gasteiger partial charge in [0.2, 0.25) is 0 Å². The Morgan fingerprint density at radius 3 is 2.78 bits per heavy atom. The lowest BCUT2D eigenvalue weighted by atomic mass is 10.1. The van der Waals surface area contributed by atoms with Crippen molar-refractivity contribution < 1.29 is 4.79 Å². The van der Waals surface area contributed by atoms with E-state index in [1.807, 2.05) is 49.7 Å². The van der Waals surface area contributed by atoms with Gasteiger partial charge in [0.05, 0.1) is 0 Å². The lowest BCUT2D eigenvalue weighted by Gasteiger charge is -2.09. The summed E-state index contributed by atoms with van der Waals surface area (Å²) in [6, 6.07) is 12.0. The van der Waals surface area contributed by atoms with Crippen molar-refractivity contribution in [1.82, 2.24) is 10.3 Å². The van der Waals surface area contributed by atoms with Gasteiger partial charge in [0.1, 0.15) is 0 Å². The minimum Gasteiger partial charge on any atom is -0.348 e. The van der Waals surface area contributed by atoms with E-state index in [-0.39, 0.29) is 5.91 Å². The molecule has 0 spiro atoms. The number of carbonyl (C=O) groups excluding carboxylic acids is 1. The molecule has 0 unspecified atom stereocenters. The van der Waals surface area contributed by atoms with Gasteiger partial charge in [0, 0.05) is 34.9 Å². The number of rotatable bonds is 4. The maximum Gasteiger partial charge on any atom is 0.251 e. The SMILES string of the molecule is Cc1ccc(C(=O)NCc2cncc(-c3cccs3)c2)c(C)c1. The number of hydrogen-bond donors (Lipinski definition) is 1. The number of benzene rings is 1. The summed E-state index contributed by atoms with van der Waals surface area (Å²) in [5.41, 5.74) is 4.95. The Morgan fingerprint density at radius 2 is 2.04 bits per heavy atom. The zero-order valence-electron chi connectivity index (χ0n) is 13.2. The van der Waals surface area contributed by atoms with Gasteiger partial charge in [-0.3, -0.25) is 9.78 Å². The number of aromatic nitrogens is 1. The third-order valence-corrected chi connectivity index (χ3v) is 4.60. The fraction of sp³-hybridized carbons (Fsp3) is 0.158. The number of thiophene rings is 1. The zero-order chi connectivity index (χ0) is 16.2. The average molecular weight is 322 g/mol. The van der Waals surface area contributed by atoms with Crippen molar-refractivity contribution >= 4 is 17.2 Å². The van der Waals surface area contributed by atoms with E-state index in [9.17, 15) is 4.79 Å². The van der Waals surface area contributed by atoms with Crippen LogP contribution in [0.3, 0.4) is 0 Å². The molecule has 0 atom stereocenters. The molecule has 3 aromatic rings. The van der Waals surface area contributed by atoms with Crippen LogP contribution >= 0.6 is 11.3 Å². The molecule has 0 saturated heterocycles. The summed E-state index contributed by atoms with van der Waals surface area (Å²) in [5.74, 6) is -0.0518. The van der Waals surface area contributed by atoms with Crippen molar-refractivity contribution in [1.29, 1.82) is 0 Å². The molecule has 23 heavy (non-hydrogen) atoms. The first-order chi connectivity index (χ1) is 11.1. The van der Waals surface area contributed by atoms with Gasteiger partial charge in [-0.1, -0.05) is 23.8 Å². The first kappa shape index (κ1) is 15.4. The second kappa shape index (κ2) is 6.75. The Hall–Kier alpha value is -2.46. The minimum atomic E-state index is -0.0518. The van der Waals surface area contributed by atoms with Crippen molar-refractivity contribution in [2.75, 3.05) is 0 Å². The number of nitrogens with zero attached hydrogens (tertiary/aromatic N) is 1. The third-order valence-electron chi connectivity index (χ3n) is 3.68. The number of pyridine rings is 1. The van der Waals surface area contributed by atoms with Crippen LogP contribution in [0, 0.1) is 13.8 Å². The number of hydrogen-bond acceptors (Lipinski definition) is 3. The fourth-order valence-corrected chi connectivity index (χ4v) is 3.22. The van der Waals surface area contributed by atoms with E-state index in [2.05, 4.69) is 22.4 Å². The molecule has 3 nitrogen and oxygen atoms in total. The van der Waals surface area contributed by atoms with Gasteiger partial charge >= 0.3 is 0 Å². The van der Waals surface area contributed by atoms with E-state index in [1.54, 1.807) is 17.5 Å². The van der Waals surface area contributed by atoms with Crippen LogP contribution in [0.5, 0.6) is 0 Å². The second-order valence-electron chi connectivity index (χ2n) is 5.56. The van der Waals surface area contributed by atoms with E-state index < -0.39 is 0 Å². The van der Waals surface area contributed by atoms with Crippen LogP contribution in [0.1, 0.15) is 27.0 Å². The first-order valence-electron chi connectivity index (χ1n) is 7.47. The highest BCUT2D eigenvalue weighted by atomic mass is 32.1. The molecule has 2 aromatic heterocycles. The molecule has 4 heteroatoms. The topological polar surface area (TPSA) is 42.0 Å². The summed E-state index contributed by atoms with van der Waals surface area (Å²) in [6.45, 7) is 4.45. The molecule has 0 saturated carbocycles. The Bertz CT molecular complexity index is 825. The van der Waals surface area contributed by atoms with Gasteiger partial charge in [-0.25, -0.2) is 0 Å². The number of carbonyl (C=O) groups is 1. The number of aryl methyl sites for hydroxylation is 2. The van der Waals surface area contributed by atoms with Crippen molar-refractivity contribution in [3.8, 4) is 10.4 Å². The van der Waals surface area contributed by atoms with Gasteiger partial charge in [0.15, 0.2) is 0 Å². The predicted octanol–water partition coefficient (Wildman–Crippen LogP) is 4.36. The van der Waals surface area contributed by atoms with Crippen LogP contribution in [0.15, 0.2) is 54.2 Å². The van der Waals surface area contributed by atoms with Gasteiger partial charge < -0.3 is 5.32 Å². The second-order valence-corrected chi connectivity index (χ2v) is 6.51. The Labute approximate surface area is 140 Å². The highest BCUT2D eigenvalue weighted by molar-refractivity contribution is 7.13. The smallest absolute Gasteiger partial charge is 0.251 e. The summed E-state index contributed by atoms with van der Waals surface area (Å²) in [6.07, 6.45) is 3.64. The molecule has 0 bridgehead atoms. The molecule has 0 aliphatic heterocycles. The van der Waals surface area contributed by atoms with Crippen molar-refractivity contribution in [2.45, 2.75) is 20.4 Å². The summed E-state index contributed by atoms with van der Waals surface area (Å²) in [4.78, 5) is 17.8. The molecule has 3 rings (SSSR count). The van der Waals surface area contributed by atoms with Gasteiger partial charge in [-0.05, 0) is 48.6 Å². The van der Waals surface area contributed by atoms with Crippen LogP contribution in [-0.2, 0) is 6.54 Å². The molecule has 116 valence electrons.